The van der Waals surface area contributed by atoms with Crippen LogP contribution in [0.5, 0.6) is 5.75 Å². The number of carbonyl (C=O) groups is 2. The van der Waals surface area contributed by atoms with Gasteiger partial charge in [0.2, 0.25) is 0 Å². The van der Waals surface area contributed by atoms with Gasteiger partial charge in [-0.05, 0) is 48.8 Å². The summed E-state index contributed by atoms with van der Waals surface area (Å²) in [7, 11) is 0. The molecular weight excluding hydrogens is 356 g/mol. The molecule has 1 aliphatic rings. The van der Waals surface area contributed by atoms with Crippen LogP contribution in [-0.2, 0) is 10.2 Å². The first kappa shape index (κ1) is 22.2. The molecule has 0 radical (unpaired) electrons. The van der Waals surface area contributed by atoms with Crippen LogP contribution < -0.4 is 10.1 Å². The van der Waals surface area contributed by atoms with Crippen LogP contribution in [-0.4, -0.2) is 46.7 Å². The molecule has 0 saturated carbocycles. The highest BCUT2D eigenvalue weighted by molar-refractivity contribution is 6.06. The minimum absolute atomic E-state index is 0.00220. The van der Waals surface area contributed by atoms with Crippen LogP contribution in [0.2, 0.25) is 0 Å². The molecule has 1 atom stereocenters. The quantitative estimate of drug-likeness (QED) is 0.699. The predicted octanol–water partition coefficient (Wildman–Crippen LogP) is 3.47. The molecule has 2 rings (SSSR count). The number of ether oxygens (including phenoxy) is 1. The topological polar surface area (TPSA) is 78.9 Å². The van der Waals surface area contributed by atoms with Crippen molar-refractivity contribution in [1.82, 2.24) is 10.2 Å². The standard InChI is InChI=1S/C22H34N2O4/c1-20(2,3)14-21(4,5)15-8-10-17(11-9-15)28-13-16(25)12-24-18(26)22(6,7)23-19(24)27/h8-11,16,25H,12-14H2,1-7H3,(H,23,27). The van der Waals surface area contributed by atoms with Gasteiger partial charge in [0, 0.05) is 0 Å². The molecule has 2 N–H and O–H groups in total. The molecule has 1 heterocycles. The van der Waals surface area contributed by atoms with Gasteiger partial charge in [0.25, 0.3) is 5.91 Å². The second-order valence-corrected chi connectivity index (χ2v) is 10.1. The summed E-state index contributed by atoms with van der Waals surface area (Å²) in [6, 6.07) is 7.40. The van der Waals surface area contributed by atoms with Crippen molar-refractivity contribution in [2.75, 3.05) is 13.2 Å². The SMILES string of the molecule is CC(C)(C)CC(C)(C)c1ccc(OCC(O)CN2C(=O)NC(C)(C)C2=O)cc1. The van der Waals surface area contributed by atoms with Gasteiger partial charge in [-0.15, -0.1) is 0 Å². The normalized spacial score (nSPS) is 18.2. The molecule has 6 heteroatoms. The first-order valence-corrected chi connectivity index (χ1v) is 9.77. The number of aliphatic hydroxyl groups excluding tert-OH is 1. The smallest absolute Gasteiger partial charge is 0.325 e. The van der Waals surface area contributed by atoms with Gasteiger partial charge in [-0.1, -0.05) is 46.8 Å². The number of β-amino-alcohol motifs (C(OH)–C–C–N with tert-alkyl or cyclic N) is 1. The molecule has 3 amide bonds. The molecule has 28 heavy (non-hydrogen) atoms. The summed E-state index contributed by atoms with van der Waals surface area (Å²) < 4.78 is 5.65. The monoisotopic (exact) mass is 390 g/mol. The third-order valence-electron chi connectivity index (χ3n) is 4.89. The van der Waals surface area contributed by atoms with E-state index in [1.807, 2.05) is 24.3 Å². The van der Waals surface area contributed by atoms with Gasteiger partial charge in [-0.2, -0.15) is 0 Å². The van der Waals surface area contributed by atoms with Gasteiger partial charge < -0.3 is 15.2 Å². The number of benzene rings is 1. The first-order chi connectivity index (χ1) is 12.7. The van der Waals surface area contributed by atoms with Crippen LogP contribution in [0.1, 0.15) is 60.5 Å². The lowest BCUT2D eigenvalue weighted by Crippen LogP contribution is -2.42. The van der Waals surface area contributed by atoms with Crippen molar-refractivity contribution in [1.29, 1.82) is 0 Å². The summed E-state index contributed by atoms with van der Waals surface area (Å²) in [5.74, 6) is 0.300. The summed E-state index contributed by atoms with van der Waals surface area (Å²) in [4.78, 5) is 25.1. The molecule has 0 aromatic heterocycles. The molecule has 1 aromatic carbocycles. The number of imide groups is 1. The number of nitrogens with one attached hydrogen (secondary N) is 1. The number of nitrogens with zero attached hydrogens (tertiary/aromatic N) is 1. The minimum atomic E-state index is -0.958. The summed E-state index contributed by atoms with van der Waals surface area (Å²) in [5, 5.41) is 12.8. The van der Waals surface area contributed by atoms with E-state index in [1.165, 1.54) is 5.56 Å². The molecule has 1 saturated heterocycles. The Bertz CT molecular complexity index is 717. The molecule has 156 valence electrons. The minimum Gasteiger partial charge on any atom is -0.491 e. The number of amides is 3. The Morgan fingerprint density at radius 3 is 2.14 bits per heavy atom. The zero-order valence-electron chi connectivity index (χ0n) is 18.1. The summed E-state index contributed by atoms with van der Waals surface area (Å²) in [6.45, 7) is 14.4. The van der Waals surface area contributed by atoms with E-state index >= 15 is 0 Å². The van der Waals surface area contributed by atoms with Crippen molar-refractivity contribution in [2.45, 2.75) is 71.9 Å². The van der Waals surface area contributed by atoms with Gasteiger partial charge in [0.15, 0.2) is 0 Å². The Hall–Kier alpha value is -2.08. The zero-order chi connectivity index (χ0) is 21.3. The predicted molar refractivity (Wildman–Crippen MR) is 109 cm³/mol. The average Bonchev–Trinajstić information content (AvgIpc) is 2.73. The number of urea groups is 1. The van der Waals surface area contributed by atoms with Crippen molar-refractivity contribution in [3.8, 4) is 5.75 Å². The van der Waals surface area contributed by atoms with Gasteiger partial charge in [0.1, 0.15) is 24.0 Å². The lowest BCUT2D eigenvalue weighted by Gasteiger charge is -2.33. The van der Waals surface area contributed by atoms with Crippen molar-refractivity contribution < 1.29 is 19.4 Å². The molecule has 0 aliphatic carbocycles. The Balaban J connectivity index is 1.91. The summed E-state index contributed by atoms with van der Waals surface area (Å²) in [6.07, 6.45) is 0.0990. The fraction of sp³-hybridized carbons (Fsp3) is 0.636. The van der Waals surface area contributed by atoms with Crippen LogP contribution in [0, 0.1) is 5.41 Å². The lowest BCUT2D eigenvalue weighted by atomic mass is 9.72. The van der Waals surface area contributed by atoms with Gasteiger partial charge in [0.05, 0.1) is 6.54 Å². The second kappa shape index (κ2) is 7.74. The van der Waals surface area contributed by atoms with Crippen LogP contribution in [0.4, 0.5) is 4.79 Å². The molecule has 1 fully saturated rings. The lowest BCUT2D eigenvalue weighted by molar-refractivity contribution is -0.131. The summed E-state index contributed by atoms with van der Waals surface area (Å²) >= 11 is 0. The third-order valence-corrected chi connectivity index (χ3v) is 4.89. The number of rotatable bonds is 7. The number of aliphatic hydroxyl groups is 1. The van der Waals surface area contributed by atoms with E-state index in [0.717, 1.165) is 11.3 Å². The third kappa shape index (κ3) is 5.47. The van der Waals surface area contributed by atoms with E-state index in [1.54, 1.807) is 13.8 Å². The number of hydrogen-bond donors (Lipinski definition) is 2. The van der Waals surface area contributed by atoms with E-state index in [4.69, 9.17) is 4.74 Å². The van der Waals surface area contributed by atoms with Crippen molar-refractivity contribution in [2.24, 2.45) is 5.41 Å². The Kier molecular flexibility index (Phi) is 6.14. The molecule has 1 aliphatic heterocycles. The van der Waals surface area contributed by atoms with Gasteiger partial charge in [-0.25, -0.2) is 4.79 Å². The van der Waals surface area contributed by atoms with E-state index in [-0.39, 0.29) is 29.9 Å². The van der Waals surface area contributed by atoms with Crippen molar-refractivity contribution in [3.63, 3.8) is 0 Å². The molecule has 1 unspecified atom stereocenters. The van der Waals surface area contributed by atoms with E-state index in [2.05, 4.69) is 39.9 Å². The van der Waals surface area contributed by atoms with E-state index in [9.17, 15) is 14.7 Å². The highest BCUT2D eigenvalue weighted by Crippen LogP contribution is 2.36. The zero-order valence-corrected chi connectivity index (χ0v) is 18.1. The Morgan fingerprint density at radius 2 is 1.68 bits per heavy atom. The fourth-order valence-corrected chi connectivity index (χ4v) is 3.87. The fourth-order valence-electron chi connectivity index (χ4n) is 3.87. The summed E-state index contributed by atoms with van der Waals surface area (Å²) in [5.41, 5.74) is 0.577. The highest BCUT2D eigenvalue weighted by atomic mass is 16.5. The Labute approximate surface area is 168 Å². The molecule has 0 bridgehead atoms. The molecular formula is C22H34N2O4. The largest absolute Gasteiger partial charge is 0.491 e. The maximum atomic E-state index is 12.2. The Morgan fingerprint density at radius 1 is 1.11 bits per heavy atom. The molecule has 6 nitrogen and oxygen atoms in total. The second-order valence-electron chi connectivity index (χ2n) is 10.1. The number of carbonyl (C=O) groups excluding carboxylic acids is 2. The maximum Gasteiger partial charge on any atom is 0.325 e. The molecule has 1 aromatic rings. The molecule has 0 spiro atoms. The van der Waals surface area contributed by atoms with Crippen molar-refractivity contribution >= 4 is 11.9 Å². The van der Waals surface area contributed by atoms with Gasteiger partial charge >= 0.3 is 6.03 Å². The van der Waals surface area contributed by atoms with Gasteiger partial charge in [-0.3, -0.25) is 9.69 Å². The van der Waals surface area contributed by atoms with Crippen LogP contribution >= 0.6 is 0 Å². The number of hydrogen-bond acceptors (Lipinski definition) is 4. The first-order valence-electron chi connectivity index (χ1n) is 9.77. The van der Waals surface area contributed by atoms with Crippen molar-refractivity contribution in [3.05, 3.63) is 29.8 Å². The highest BCUT2D eigenvalue weighted by Gasteiger charge is 2.44. The van der Waals surface area contributed by atoms with Crippen LogP contribution in [0.25, 0.3) is 0 Å². The van der Waals surface area contributed by atoms with Crippen LogP contribution in [0.3, 0.4) is 0 Å². The van der Waals surface area contributed by atoms with E-state index < -0.39 is 17.7 Å². The maximum absolute atomic E-state index is 12.2. The van der Waals surface area contributed by atoms with Crippen LogP contribution in [0.15, 0.2) is 24.3 Å². The van der Waals surface area contributed by atoms with E-state index in [0.29, 0.717) is 5.75 Å². The average molecular weight is 391 g/mol.